The first-order valence-corrected chi connectivity index (χ1v) is 12.1. The van der Waals surface area contributed by atoms with E-state index in [-0.39, 0.29) is 12.4 Å². The van der Waals surface area contributed by atoms with Gasteiger partial charge in [0.25, 0.3) is 0 Å². The van der Waals surface area contributed by atoms with Gasteiger partial charge in [-0.1, -0.05) is 90.2 Å². The second-order valence-corrected chi connectivity index (χ2v) is 8.19. The van der Waals surface area contributed by atoms with Crippen LogP contribution < -0.4 is 0 Å². The SMILES string of the molecule is CCCCCCCCC/C=C/CCCCCCCC(CC(=O)OCCC)C(=O)O. The number of unbranched alkanes of at least 4 members (excludes halogenated alkanes) is 12. The second kappa shape index (κ2) is 21.4. The van der Waals surface area contributed by atoms with Gasteiger partial charge in [0.15, 0.2) is 0 Å². The molecule has 4 heteroatoms. The maximum atomic E-state index is 11.6. The van der Waals surface area contributed by atoms with Crippen molar-refractivity contribution in [3.05, 3.63) is 12.2 Å². The van der Waals surface area contributed by atoms with E-state index in [0.29, 0.717) is 13.0 Å². The molecule has 29 heavy (non-hydrogen) atoms. The highest BCUT2D eigenvalue weighted by molar-refractivity contribution is 5.78. The minimum Gasteiger partial charge on any atom is -0.481 e. The number of carboxylic acids is 1. The predicted octanol–water partition coefficient (Wildman–Crippen LogP) is 7.46. The molecule has 0 fully saturated rings. The van der Waals surface area contributed by atoms with Crippen LogP contribution in [0.3, 0.4) is 0 Å². The molecule has 1 N–H and O–H groups in total. The smallest absolute Gasteiger partial charge is 0.307 e. The lowest BCUT2D eigenvalue weighted by atomic mass is 9.97. The van der Waals surface area contributed by atoms with Gasteiger partial charge in [0, 0.05) is 0 Å². The highest BCUT2D eigenvalue weighted by Gasteiger charge is 2.21. The third kappa shape index (κ3) is 19.8. The Balaban J connectivity index is 3.52. The molecule has 0 bridgehead atoms. The quantitative estimate of drug-likeness (QED) is 0.121. The van der Waals surface area contributed by atoms with Gasteiger partial charge in [-0.25, -0.2) is 0 Å². The Morgan fingerprint density at radius 2 is 1.28 bits per heavy atom. The fourth-order valence-electron chi connectivity index (χ4n) is 3.43. The summed E-state index contributed by atoms with van der Waals surface area (Å²) in [4.78, 5) is 22.9. The normalized spacial score (nSPS) is 12.3. The van der Waals surface area contributed by atoms with Gasteiger partial charge in [-0.3, -0.25) is 9.59 Å². The number of hydrogen-bond donors (Lipinski definition) is 1. The van der Waals surface area contributed by atoms with Crippen molar-refractivity contribution in [2.24, 2.45) is 5.92 Å². The first-order chi connectivity index (χ1) is 14.1. The zero-order valence-corrected chi connectivity index (χ0v) is 19.1. The van der Waals surface area contributed by atoms with Crippen LogP contribution in [0.5, 0.6) is 0 Å². The Labute approximate surface area is 179 Å². The first kappa shape index (κ1) is 27.7. The number of carbonyl (C=O) groups excluding carboxylic acids is 1. The Morgan fingerprint density at radius 1 is 0.759 bits per heavy atom. The van der Waals surface area contributed by atoms with Gasteiger partial charge in [-0.2, -0.15) is 0 Å². The molecule has 1 unspecified atom stereocenters. The third-order valence-corrected chi connectivity index (χ3v) is 5.29. The Hall–Kier alpha value is -1.32. The van der Waals surface area contributed by atoms with Crippen molar-refractivity contribution in [2.45, 2.75) is 123 Å². The molecular weight excluding hydrogens is 364 g/mol. The average molecular weight is 411 g/mol. The number of rotatable bonds is 21. The van der Waals surface area contributed by atoms with Crippen molar-refractivity contribution in [1.82, 2.24) is 0 Å². The summed E-state index contributed by atoms with van der Waals surface area (Å²) in [7, 11) is 0. The number of esters is 1. The molecule has 0 heterocycles. The molecule has 0 aromatic heterocycles. The van der Waals surface area contributed by atoms with Gasteiger partial charge < -0.3 is 9.84 Å². The fraction of sp³-hybridized carbons (Fsp3) is 0.840. The summed E-state index contributed by atoms with van der Waals surface area (Å²) < 4.78 is 5.00. The molecular formula is C25H46O4. The van der Waals surface area contributed by atoms with Crippen molar-refractivity contribution in [3.8, 4) is 0 Å². The summed E-state index contributed by atoms with van der Waals surface area (Å²) in [5.74, 6) is -1.87. The summed E-state index contributed by atoms with van der Waals surface area (Å²) >= 11 is 0. The molecule has 0 aliphatic carbocycles. The molecule has 0 aromatic rings. The largest absolute Gasteiger partial charge is 0.481 e. The lowest BCUT2D eigenvalue weighted by Gasteiger charge is -2.11. The summed E-state index contributed by atoms with van der Waals surface area (Å²) in [5.41, 5.74) is 0. The van der Waals surface area contributed by atoms with Gasteiger partial charge in [-0.15, -0.1) is 0 Å². The van der Waals surface area contributed by atoms with Crippen LogP contribution in [0.4, 0.5) is 0 Å². The third-order valence-electron chi connectivity index (χ3n) is 5.29. The van der Waals surface area contributed by atoms with Crippen LogP contribution in [0.2, 0.25) is 0 Å². The van der Waals surface area contributed by atoms with Crippen molar-refractivity contribution < 1.29 is 19.4 Å². The Kier molecular flexibility index (Phi) is 20.4. The van der Waals surface area contributed by atoms with Crippen LogP contribution in [-0.4, -0.2) is 23.7 Å². The van der Waals surface area contributed by atoms with Gasteiger partial charge >= 0.3 is 11.9 Å². The lowest BCUT2D eigenvalue weighted by molar-refractivity contribution is -0.151. The van der Waals surface area contributed by atoms with E-state index in [1.165, 1.54) is 64.2 Å². The Bertz CT molecular complexity index is 417. The number of carbonyl (C=O) groups is 2. The Morgan fingerprint density at radius 3 is 1.79 bits per heavy atom. The summed E-state index contributed by atoms with van der Waals surface area (Å²) in [5, 5.41) is 9.26. The molecule has 0 saturated carbocycles. The fourth-order valence-corrected chi connectivity index (χ4v) is 3.43. The van der Waals surface area contributed by atoms with E-state index < -0.39 is 11.9 Å². The lowest BCUT2D eigenvalue weighted by Crippen LogP contribution is -2.19. The predicted molar refractivity (Wildman–Crippen MR) is 121 cm³/mol. The number of hydrogen-bond acceptors (Lipinski definition) is 3. The van der Waals surface area contributed by atoms with E-state index in [9.17, 15) is 14.7 Å². The van der Waals surface area contributed by atoms with Crippen LogP contribution in [0.25, 0.3) is 0 Å². The molecule has 0 aliphatic heterocycles. The van der Waals surface area contributed by atoms with E-state index in [2.05, 4.69) is 19.1 Å². The van der Waals surface area contributed by atoms with E-state index in [1.54, 1.807) is 0 Å². The summed E-state index contributed by atoms with van der Waals surface area (Å²) in [6.07, 6.45) is 23.3. The summed E-state index contributed by atoms with van der Waals surface area (Å²) in [6, 6.07) is 0. The highest BCUT2D eigenvalue weighted by atomic mass is 16.5. The number of carboxylic acid groups (broad SMARTS) is 1. The number of aliphatic carboxylic acids is 1. The monoisotopic (exact) mass is 410 g/mol. The first-order valence-electron chi connectivity index (χ1n) is 12.1. The van der Waals surface area contributed by atoms with E-state index >= 15 is 0 Å². The molecule has 4 nitrogen and oxygen atoms in total. The van der Waals surface area contributed by atoms with Gasteiger partial charge in [0.2, 0.25) is 0 Å². The minimum atomic E-state index is -0.885. The van der Waals surface area contributed by atoms with Crippen molar-refractivity contribution in [3.63, 3.8) is 0 Å². The van der Waals surface area contributed by atoms with Gasteiger partial charge in [0.1, 0.15) is 0 Å². The van der Waals surface area contributed by atoms with E-state index in [1.807, 2.05) is 6.92 Å². The maximum Gasteiger partial charge on any atom is 0.307 e. The minimum absolute atomic E-state index is 0.00112. The van der Waals surface area contributed by atoms with E-state index in [0.717, 1.165) is 32.1 Å². The standard InChI is InChI=1S/C25H46O4/c1-3-5-6-7-8-9-10-11-12-13-14-15-16-17-18-19-20-23(25(27)28)22-24(26)29-21-4-2/h12-13,23H,3-11,14-22H2,1-2H3,(H,27,28)/b13-12+. The zero-order valence-electron chi connectivity index (χ0n) is 19.1. The molecule has 0 radical (unpaired) electrons. The molecule has 0 amide bonds. The molecule has 0 saturated heterocycles. The molecule has 1 atom stereocenters. The van der Waals surface area contributed by atoms with Crippen molar-refractivity contribution in [1.29, 1.82) is 0 Å². The van der Waals surface area contributed by atoms with Crippen LogP contribution in [0.1, 0.15) is 123 Å². The van der Waals surface area contributed by atoms with Gasteiger partial charge in [0.05, 0.1) is 18.9 Å². The summed E-state index contributed by atoms with van der Waals surface area (Å²) in [6.45, 7) is 4.56. The highest BCUT2D eigenvalue weighted by Crippen LogP contribution is 2.17. The van der Waals surface area contributed by atoms with Crippen molar-refractivity contribution >= 4 is 11.9 Å². The molecule has 0 aromatic carbocycles. The molecule has 0 aliphatic rings. The second-order valence-electron chi connectivity index (χ2n) is 8.19. The maximum absolute atomic E-state index is 11.6. The van der Waals surface area contributed by atoms with Crippen LogP contribution in [0.15, 0.2) is 12.2 Å². The molecule has 170 valence electrons. The zero-order chi connectivity index (χ0) is 21.6. The van der Waals surface area contributed by atoms with Gasteiger partial charge in [-0.05, 0) is 38.5 Å². The number of allylic oxidation sites excluding steroid dienone is 2. The topological polar surface area (TPSA) is 63.6 Å². The average Bonchev–Trinajstić information content (AvgIpc) is 2.70. The van der Waals surface area contributed by atoms with Crippen molar-refractivity contribution in [2.75, 3.05) is 6.61 Å². The van der Waals surface area contributed by atoms with Crippen LogP contribution in [-0.2, 0) is 14.3 Å². The molecule has 0 spiro atoms. The van der Waals surface area contributed by atoms with Crippen LogP contribution in [0, 0.1) is 5.92 Å². The van der Waals surface area contributed by atoms with E-state index in [4.69, 9.17) is 4.74 Å². The van der Waals surface area contributed by atoms with Crippen LogP contribution >= 0.6 is 0 Å². The molecule has 0 rings (SSSR count). The number of ether oxygens (including phenoxy) is 1.